The molecule has 0 aliphatic heterocycles. The zero-order valence-corrected chi connectivity index (χ0v) is 14.5. The summed E-state index contributed by atoms with van der Waals surface area (Å²) in [5.41, 5.74) is 0.406. The first-order chi connectivity index (χ1) is 11.8. The van der Waals surface area contributed by atoms with Gasteiger partial charge in [0.2, 0.25) is 0 Å². The first-order valence-electron chi connectivity index (χ1n) is 6.83. The standard InChI is InChI=1S/C15H14F2N2O4S2/c1-23-15(20)18-10-6-8-11(9-7-10)25(21,22)19-12-4-2-3-5-13(12)24-14(16)17/h2-9,14,19H,1H3,(H,18,20). The average Bonchev–Trinajstić information content (AvgIpc) is 2.56. The highest BCUT2D eigenvalue weighted by molar-refractivity contribution is 7.99. The number of alkyl halides is 2. The van der Waals surface area contributed by atoms with E-state index in [0.717, 1.165) is 0 Å². The number of hydrogen-bond donors (Lipinski definition) is 2. The van der Waals surface area contributed by atoms with E-state index >= 15 is 0 Å². The molecule has 25 heavy (non-hydrogen) atoms. The molecule has 2 aromatic rings. The molecule has 0 aliphatic rings. The van der Waals surface area contributed by atoms with Crippen LogP contribution >= 0.6 is 11.8 Å². The van der Waals surface area contributed by atoms with Gasteiger partial charge in [0, 0.05) is 10.6 Å². The summed E-state index contributed by atoms with van der Waals surface area (Å²) >= 11 is 0.251. The Labute approximate surface area is 147 Å². The van der Waals surface area contributed by atoms with Crippen LogP contribution in [0, 0.1) is 0 Å². The topological polar surface area (TPSA) is 84.5 Å². The normalized spacial score (nSPS) is 11.2. The maximum absolute atomic E-state index is 12.6. The molecule has 2 N–H and O–H groups in total. The average molecular weight is 388 g/mol. The van der Waals surface area contributed by atoms with Crippen LogP contribution in [0.25, 0.3) is 0 Å². The minimum absolute atomic E-state index is 0.0598. The van der Waals surface area contributed by atoms with Gasteiger partial charge in [0.25, 0.3) is 15.8 Å². The van der Waals surface area contributed by atoms with Crippen LogP contribution in [0.1, 0.15) is 0 Å². The van der Waals surface area contributed by atoms with Crippen LogP contribution in [0.5, 0.6) is 0 Å². The summed E-state index contributed by atoms with van der Waals surface area (Å²) < 4.78 is 56.7. The predicted octanol–water partition coefficient (Wildman–Crippen LogP) is 3.98. The Morgan fingerprint density at radius 2 is 1.76 bits per heavy atom. The third-order valence-electron chi connectivity index (χ3n) is 2.94. The summed E-state index contributed by atoms with van der Waals surface area (Å²) in [6, 6.07) is 11.2. The van der Waals surface area contributed by atoms with Crippen LogP contribution in [0.3, 0.4) is 0 Å². The van der Waals surface area contributed by atoms with Crippen molar-refractivity contribution < 1.29 is 26.7 Å². The van der Waals surface area contributed by atoms with E-state index in [1.165, 1.54) is 55.6 Å². The number of halogens is 2. The molecule has 0 aromatic heterocycles. The summed E-state index contributed by atoms with van der Waals surface area (Å²) in [6.45, 7) is 0. The highest BCUT2D eigenvalue weighted by Crippen LogP contribution is 2.32. The van der Waals surface area contributed by atoms with Gasteiger partial charge in [0.05, 0.1) is 17.7 Å². The quantitative estimate of drug-likeness (QED) is 0.731. The van der Waals surface area contributed by atoms with E-state index in [0.29, 0.717) is 5.69 Å². The highest BCUT2D eigenvalue weighted by atomic mass is 32.2. The van der Waals surface area contributed by atoms with Crippen molar-refractivity contribution in [1.29, 1.82) is 0 Å². The Bertz CT molecular complexity index is 843. The number of rotatable bonds is 6. The second-order valence-corrected chi connectivity index (χ2v) is 7.34. The fourth-order valence-corrected chi connectivity index (χ4v) is 3.58. The van der Waals surface area contributed by atoms with E-state index in [2.05, 4.69) is 14.8 Å². The van der Waals surface area contributed by atoms with Gasteiger partial charge < -0.3 is 4.74 Å². The van der Waals surface area contributed by atoms with Crippen molar-refractivity contribution in [2.45, 2.75) is 15.5 Å². The summed E-state index contributed by atoms with van der Waals surface area (Å²) in [4.78, 5) is 11.1. The van der Waals surface area contributed by atoms with E-state index in [-0.39, 0.29) is 27.2 Å². The molecule has 0 heterocycles. The van der Waals surface area contributed by atoms with Crippen LogP contribution in [0.2, 0.25) is 0 Å². The lowest BCUT2D eigenvalue weighted by atomic mass is 10.3. The second kappa shape index (κ2) is 8.17. The molecule has 0 radical (unpaired) electrons. The van der Waals surface area contributed by atoms with Crippen molar-refractivity contribution in [2.24, 2.45) is 0 Å². The van der Waals surface area contributed by atoms with Gasteiger partial charge in [0.15, 0.2) is 0 Å². The molecule has 2 rings (SSSR count). The number of ether oxygens (including phenoxy) is 1. The molecular formula is C15H14F2N2O4S2. The Balaban J connectivity index is 2.21. The molecule has 2 aromatic carbocycles. The van der Waals surface area contributed by atoms with Crippen LogP contribution < -0.4 is 10.0 Å². The molecule has 0 atom stereocenters. The van der Waals surface area contributed by atoms with E-state index in [1.807, 2.05) is 0 Å². The Kier molecular flexibility index (Phi) is 6.21. The number of methoxy groups -OCH3 is 1. The molecule has 0 bridgehead atoms. The summed E-state index contributed by atoms with van der Waals surface area (Å²) in [6.07, 6.45) is -0.688. The molecule has 1 amide bonds. The minimum Gasteiger partial charge on any atom is -0.453 e. The number of carbonyl (C=O) groups is 1. The van der Waals surface area contributed by atoms with Gasteiger partial charge in [-0.15, -0.1) is 0 Å². The van der Waals surface area contributed by atoms with Gasteiger partial charge in [-0.1, -0.05) is 23.9 Å². The highest BCUT2D eigenvalue weighted by Gasteiger charge is 2.18. The first kappa shape index (κ1) is 19.0. The largest absolute Gasteiger partial charge is 0.453 e. The number of benzene rings is 2. The smallest absolute Gasteiger partial charge is 0.411 e. The van der Waals surface area contributed by atoms with Gasteiger partial charge in [0.1, 0.15) is 0 Å². The van der Waals surface area contributed by atoms with Gasteiger partial charge >= 0.3 is 6.09 Å². The zero-order chi connectivity index (χ0) is 18.4. The molecule has 10 heteroatoms. The number of carbonyl (C=O) groups excluding carboxylic acids is 1. The van der Waals surface area contributed by atoms with E-state index in [9.17, 15) is 22.0 Å². The molecule has 0 saturated carbocycles. The van der Waals surface area contributed by atoms with Gasteiger partial charge in [-0.05, 0) is 36.4 Å². The summed E-state index contributed by atoms with van der Waals surface area (Å²) in [5.74, 6) is -2.67. The Morgan fingerprint density at radius 1 is 1.12 bits per heavy atom. The maximum atomic E-state index is 12.6. The molecule has 0 unspecified atom stereocenters. The Morgan fingerprint density at radius 3 is 2.36 bits per heavy atom. The van der Waals surface area contributed by atoms with Crippen molar-refractivity contribution in [1.82, 2.24) is 0 Å². The van der Waals surface area contributed by atoms with Crippen molar-refractivity contribution in [2.75, 3.05) is 17.1 Å². The van der Waals surface area contributed by atoms with Crippen molar-refractivity contribution in [3.05, 3.63) is 48.5 Å². The van der Waals surface area contributed by atoms with E-state index in [4.69, 9.17) is 0 Å². The number of amides is 1. The molecule has 0 aliphatic carbocycles. The van der Waals surface area contributed by atoms with Crippen LogP contribution in [-0.2, 0) is 14.8 Å². The molecule has 0 fully saturated rings. The third-order valence-corrected chi connectivity index (χ3v) is 5.11. The first-order valence-corrected chi connectivity index (χ1v) is 9.20. The lowest BCUT2D eigenvalue weighted by Crippen LogP contribution is -2.14. The molecule has 0 spiro atoms. The summed E-state index contributed by atoms with van der Waals surface area (Å²) in [5, 5.41) is 2.39. The lowest BCUT2D eigenvalue weighted by Gasteiger charge is -2.12. The van der Waals surface area contributed by atoms with Crippen molar-refractivity contribution >= 4 is 39.3 Å². The van der Waals surface area contributed by atoms with Crippen molar-refractivity contribution in [3.63, 3.8) is 0 Å². The minimum atomic E-state index is -3.97. The molecule has 6 nitrogen and oxygen atoms in total. The maximum Gasteiger partial charge on any atom is 0.411 e. The number of hydrogen-bond acceptors (Lipinski definition) is 5. The number of para-hydroxylation sites is 1. The lowest BCUT2D eigenvalue weighted by molar-refractivity contribution is 0.187. The second-order valence-electron chi connectivity index (χ2n) is 4.62. The molecule has 134 valence electrons. The fourth-order valence-electron chi connectivity index (χ4n) is 1.84. The van der Waals surface area contributed by atoms with Gasteiger partial charge in [-0.2, -0.15) is 8.78 Å². The SMILES string of the molecule is COC(=O)Nc1ccc(S(=O)(=O)Nc2ccccc2SC(F)F)cc1. The van der Waals surface area contributed by atoms with E-state index < -0.39 is 21.9 Å². The number of nitrogens with one attached hydrogen (secondary N) is 2. The van der Waals surface area contributed by atoms with Crippen LogP contribution in [-0.4, -0.2) is 27.4 Å². The van der Waals surface area contributed by atoms with Gasteiger partial charge in [-0.3, -0.25) is 10.0 Å². The zero-order valence-electron chi connectivity index (χ0n) is 12.9. The number of sulfonamides is 1. The Hall–Kier alpha value is -2.33. The van der Waals surface area contributed by atoms with Crippen molar-refractivity contribution in [3.8, 4) is 0 Å². The van der Waals surface area contributed by atoms with Crippen LogP contribution in [0.4, 0.5) is 25.0 Å². The third kappa shape index (κ3) is 5.33. The monoisotopic (exact) mass is 388 g/mol. The molecule has 0 saturated heterocycles. The van der Waals surface area contributed by atoms with Crippen LogP contribution in [0.15, 0.2) is 58.3 Å². The molecular weight excluding hydrogens is 374 g/mol. The predicted molar refractivity (Wildman–Crippen MR) is 91.6 cm³/mol. The van der Waals surface area contributed by atoms with Gasteiger partial charge in [-0.25, -0.2) is 13.2 Å². The number of anilines is 2. The summed E-state index contributed by atoms with van der Waals surface area (Å²) in [7, 11) is -2.77. The number of thioether (sulfide) groups is 1. The fraction of sp³-hybridized carbons (Fsp3) is 0.133. The van der Waals surface area contributed by atoms with E-state index in [1.54, 1.807) is 0 Å².